The Morgan fingerprint density at radius 2 is 1.79 bits per heavy atom. The summed E-state index contributed by atoms with van der Waals surface area (Å²) in [6, 6.07) is 14.8. The predicted octanol–water partition coefficient (Wildman–Crippen LogP) is 2.15. The normalized spacial score (nSPS) is 10.4. The quantitative estimate of drug-likeness (QED) is 0.642. The van der Waals surface area contributed by atoms with Crippen molar-refractivity contribution in [1.82, 2.24) is 15.8 Å². The highest BCUT2D eigenvalue weighted by Gasteiger charge is 2.11. The first-order chi connectivity index (χ1) is 11.6. The smallest absolute Gasteiger partial charge is 0.286 e. The Kier molecular flexibility index (Phi) is 4.42. The first-order valence-electron chi connectivity index (χ1n) is 7.18. The van der Waals surface area contributed by atoms with Crippen LogP contribution in [0.4, 0.5) is 4.39 Å². The van der Waals surface area contributed by atoms with Gasteiger partial charge in [0.25, 0.3) is 11.8 Å². The maximum Gasteiger partial charge on any atom is 0.286 e. The molecule has 0 fully saturated rings. The number of amides is 2. The summed E-state index contributed by atoms with van der Waals surface area (Å²) in [4.78, 5) is 26.6. The van der Waals surface area contributed by atoms with Gasteiger partial charge >= 0.3 is 0 Å². The molecule has 0 spiro atoms. The Balaban J connectivity index is 1.52. The summed E-state index contributed by atoms with van der Waals surface area (Å²) >= 11 is 0. The van der Waals surface area contributed by atoms with E-state index in [0.717, 1.165) is 10.9 Å². The molecule has 7 heteroatoms. The highest BCUT2D eigenvalue weighted by atomic mass is 19.1. The van der Waals surface area contributed by atoms with Crippen molar-refractivity contribution in [2.45, 2.75) is 0 Å². The van der Waals surface area contributed by atoms with Crippen LogP contribution in [0, 0.1) is 5.82 Å². The fourth-order valence-electron chi connectivity index (χ4n) is 2.13. The second-order valence-electron chi connectivity index (χ2n) is 4.99. The first kappa shape index (κ1) is 15.5. The highest BCUT2D eigenvalue weighted by molar-refractivity contribution is 5.98. The predicted molar refractivity (Wildman–Crippen MR) is 85.8 cm³/mol. The lowest BCUT2D eigenvalue weighted by Gasteiger charge is -2.08. The van der Waals surface area contributed by atoms with Crippen molar-refractivity contribution in [3.8, 4) is 5.75 Å². The van der Waals surface area contributed by atoms with Crippen molar-refractivity contribution < 1.29 is 18.7 Å². The zero-order valence-electron chi connectivity index (χ0n) is 12.5. The van der Waals surface area contributed by atoms with Crippen molar-refractivity contribution in [2.75, 3.05) is 6.61 Å². The molecule has 0 saturated carbocycles. The number of carbonyl (C=O) groups excluding carboxylic acids is 2. The van der Waals surface area contributed by atoms with E-state index in [2.05, 4.69) is 15.8 Å². The van der Waals surface area contributed by atoms with Crippen LogP contribution in [0.1, 0.15) is 10.5 Å². The van der Waals surface area contributed by atoms with Gasteiger partial charge in [-0.2, -0.15) is 0 Å². The Labute approximate surface area is 136 Å². The fourth-order valence-corrected chi connectivity index (χ4v) is 2.13. The number of benzene rings is 2. The van der Waals surface area contributed by atoms with E-state index >= 15 is 0 Å². The standard InChI is InChI=1S/C17H14FN3O3/c18-12-6-2-4-8-15(12)24-10-16(22)20-21-17(23)14-9-11-5-1-3-7-13(11)19-14/h1-9,19H,10H2,(H,20,22)(H,21,23). The molecule has 0 radical (unpaired) electrons. The minimum Gasteiger partial charge on any atom is -0.481 e. The van der Waals surface area contributed by atoms with Gasteiger partial charge in [-0.25, -0.2) is 4.39 Å². The number of fused-ring (bicyclic) bond motifs is 1. The summed E-state index contributed by atoms with van der Waals surface area (Å²) < 4.78 is 18.4. The van der Waals surface area contributed by atoms with Crippen molar-refractivity contribution in [3.05, 3.63) is 66.1 Å². The molecule has 1 aromatic heterocycles. The zero-order valence-corrected chi connectivity index (χ0v) is 12.5. The third kappa shape index (κ3) is 3.52. The second-order valence-corrected chi connectivity index (χ2v) is 4.99. The molecule has 2 amide bonds. The minimum absolute atomic E-state index is 0.0328. The lowest BCUT2D eigenvalue weighted by Crippen LogP contribution is -2.44. The molecule has 6 nitrogen and oxygen atoms in total. The minimum atomic E-state index is -0.609. The van der Waals surface area contributed by atoms with Crippen LogP contribution in [0.5, 0.6) is 5.75 Å². The van der Waals surface area contributed by atoms with E-state index in [1.807, 2.05) is 24.3 Å². The number of H-pyrrole nitrogens is 1. The van der Waals surface area contributed by atoms with Crippen LogP contribution in [0.3, 0.4) is 0 Å². The van der Waals surface area contributed by atoms with E-state index in [9.17, 15) is 14.0 Å². The number of para-hydroxylation sites is 2. The maximum absolute atomic E-state index is 13.3. The van der Waals surface area contributed by atoms with E-state index in [-0.39, 0.29) is 5.75 Å². The molecular weight excluding hydrogens is 313 g/mol. The number of hydrazine groups is 1. The number of hydrogen-bond donors (Lipinski definition) is 3. The van der Waals surface area contributed by atoms with E-state index in [1.54, 1.807) is 12.1 Å². The molecule has 0 aliphatic rings. The topological polar surface area (TPSA) is 83.2 Å². The number of aromatic amines is 1. The molecule has 24 heavy (non-hydrogen) atoms. The molecule has 0 aliphatic carbocycles. The third-order valence-electron chi connectivity index (χ3n) is 3.29. The van der Waals surface area contributed by atoms with Gasteiger partial charge < -0.3 is 9.72 Å². The van der Waals surface area contributed by atoms with E-state index in [4.69, 9.17) is 4.74 Å². The number of rotatable bonds is 4. The van der Waals surface area contributed by atoms with Crippen LogP contribution in [0.25, 0.3) is 10.9 Å². The monoisotopic (exact) mass is 327 g/mol. The van der Waals surface area contributed by atoms with E-state index in [0.29, 0.717) is 5.69 Å². The van der Waals surface area contributed by atoms with Gasteiger partial charge in [0.2, 0.25) is 0 Å². The van der Waals surface area contributed by atoms with Gasteiger partial charge in [0.1, 0.15) is 5.69 Å². The number of nitrogens with one attached hydrogen (secondary N) is 3. The molecule has 2 aromatic carbocycles. The van der Waals surface area contributed by atoms with Crippen LogP contribution in [0.15, 0.2) is 54.6 Å². The summed E-state index contributed by atoms with van der Waals surface area (Å²) in [6.45, 7) is -0.423. The van der Waals surface area contributed by atoms with Gasteiger partial charge in [0, 0.05) is 10.9 Å². The third-order valence-corrected chi connectivity index (χ3v) is 3.29. The lowest BCUT2D eigenvalue weighted by molar-refractivity contribution is -0.123. The Morgan fingerprint density at radius 3 is 2.58 bits per heavy atom. The average Bonchev–Trinajstić information content (AvgIpc) is 3.03. The number of hydrogen-bond acceptors (Lipinski definition) is 3. The molecule has 3 aromatic rings. The fraction of sp³-hybridized carbons (Fsp3) is 0.0588. The van der Waals surface area contributed by atoms with Crippen molar-refractivity contribution in [1.29, 1.82) is 0 Å². The summed E-state index contributed by atoms with van der Waals surface area (Å²) in [7, 11) is 0. The van der Waals surface area contributed by atoms with Crippen LogP contribution >= 0.6 is 0 Å². The number of aromatic nitrogens is 1. The summed E-state index contributed by atoms with van der Waals surface area (Å²) in [5, 5.41) is 0.886. The molecule has 1 heterocycles. The van der Waals surface area contributed by atoms with Gasteiger partial charge in [-0.05, 0) is 24.3 Å². The summed E-state index contributed by atoms with van der Waals surface area (Å²) in [6.07, 6.45) is 0. The van der Waals surface area contributed by atoms with Crippen LogP contribution in [-0.2, 0) is 4.79 Å². The number of ether oxygens (including phenoxy) is 1. The average molecular weight is 327 g/mol. The van der Waals surface area contributed by atoms with Crippen LogP contribution in [0.2, 0.25) is 0 Å². The Hall–Kier alpha value is -3.35. The largest absolute Gasteiger partial charge is 0.481 e. The Morgan fingerprint density at radius 1 is 1.04 bits per heavy atom. The SMILES string of the molecule is O=C(COc1ccccc1F)NNC(=O)c1cc2ccccc2[nH]1. The molecule has 0 atom stereocenters. The highest BCUT2D eigenvalue weighted by Crippen LogP contribution is 2.15. The van der Waals surface area contributed by atoms with Crippen LogP contribution in [-0.4, -0.2) is 23.4 Å². The molecule has 0 saturated heterocycles. The first-order valence-corrected chi connectivity index (χ1v) is 7.18. The van der Waals surface area contributed by atoms with Crippen molar-refractivity contribution in [3.63, 3.8) is 0 Å². The molecule has 0 unspecified atom stereocenters. The molecule has 0 aliphatic heterocycles. The van der Waals surface area contributed by atoms with Gasteiger partial charge in [-0.1, -0.05) is 30.3 Å². The van der Waals surface area contributed by atoms with Gasteiger partial charge in [0.15, 0.2) is 18.2 Å². The molecule has 0 bridgehead atoms. The van der Waals surface area contributed by atoms with E-state index in [1.165, 1.54) is 18.2 Å². The van der Waals surface area contributed by atoms with E-state index < -0.39 is 24.2 Å². The van der Waals surface area contributed by atoms with Crippen LogP contribution < -0.4 is 15.6 Å². The summed E-state index contributed by atoms with van der Waals surface area (Å²) in [5.41, 5.74) is 5.60. The van der Waals surface area contributed by atoms with Crippen molar-refractivity contribution >= 4 is 22.7 Å². The van der Waals surface area contributed by atoms with Gasteiger partial charge in [-0.3, -0.25) is 20.4 Å². The summed E-state index contributed by atoms with van der Waals surface area (Å²) in [5.74, 6) is -1.70. The molecule has 3 rings (SSSR count). The molecule has 122 valence electrons. The lowest BCUT2D eigenvalue weighted by atomic mass is 10.2. The van der Waals surface area contributed by atoms with Gasteiger partial charge in [0.05, 0.1) is 0 Å². The van der Waals surface area contributed by atoms with Gasteiger partial charge in [-0.15, -0.1) is 0 Å². The second kappa shape index (κ2) is 6.82. The zero-order chi connectivity index (χ0) is 16.9. The Bertz CT molecular complexity index is 858. The molecular formula is C17H14FN3O3. The molecule has 3 N–H and O–H groups in total. The maximum atomic E-state index is 13.3. The number of carbonyl (C=O) groups is 2. The number of halogens is 1. The van der Waals surface area contributed by atoms with Crippen molar-refractivity contribution in [2.24, 2.45) is 0 Å².